The molecule has 50 heavy (non-hydrogen) atoms. The van der Waals surface area contributed by atoms with Crippen molar-refractivity contribution in [2.24, 2.45) is 0 Å². The van der Waals surface area contributed by atoms with Crippen molar-refractivity contribution >= 4 is 38.9 Å². The summed E-state index contributed by atoms with van der Waals surface area (Å²) < 4.78 is 6.97. The summed E-state index contributed by atoms with van der Waals surface area (Å²) in [6, 6.07) is 59.1. The van der Waals surface area contributed by atoms with Crippen LogP contribution in [0.25, 0.3) is 72.5 Å². The molecule has 1 atom stereocenters. The van der Waals surface area contributed by atoms with Crippen LogP contribution >= 0.6 is 0 Å². The molecule has 12 rings (SSSR count). The highest BCUT2D eigenvalue weighted by Crippen LogP contribution is 2.60. The third kappa shape index (κ3) is 3.09. The molecule has 0 radical (unpaired) electrons. The third-order valence-corrected chi connectivity index (χ3v) is 11.0. The summed E-state index contributed by atoms with van der Waals surface area (Å²) in [5.74, 6) is 1.97. The van der Waals surface area contributed by atoms with Crippen LogP contribution < -0.4 is 0 Å². The number of hydrogen-bond acceptors (Lipinski definition) is 2. The van der Waals surface area contributed by atoms with E-state index in [0.717, 1.165) is 56.0 Å². The number of nitrogens with zero attached hydrogens (tertiary/aromatic N) is 5. The van der Waals surface area contributed by atoms with Gasteiger partial charge in [-0.15, -0.1) is 0 Å². The normalized spacial score (nSPS) is 15.7. The first-order chi connectivity index (χ1) is 24.8. The number of hydrogen-bond donors (Lipinski definition) is 0. The molecule has 5 nitrogen and oxygen atoms in total. The standard InChI is InChI=1S/C45H27N5/c1-2-12-30(13-3-1)48-41-25-23-29(27-42(41)50-40-21-11-8-18-37(40)47-44(48)50)28-22-24-32-31-14-4-5-15-33(31)45(35(32)26-28)34-16-6-9-19-38(34)49-39-20-10-7-17-36(39)46-43(45)49/h1-27H. The lowest BCUT2D eigenvalue weighted by atomic mass is 9.72. The van der Waals surface area contributed by atoms with E-state index in [2.05, 4.69) is 177 Å². The molecule has 7 aromatic carbocycles. The summed E-state index contributed by atoms with van der Waals surface area (Å²) in [6.07, 6.45) is 0. The van der Waals surface area contributed by atoms with Gasteiger partial charge in [0.2, 0.25) is 5.78 Å². The van der Waals surface area contributed by atoms with Crippen LogP contribution in [0.2, 0.25) is 0 Å². The van der Waals surface area contributed by atoms with Gasteiger partial charge in [-0.2, -0.15) is 0 Å². The van der Waals surface area contributed by atoms with Gasteiger partial charge in [-0.25, -0.2) is 9.97 Å². The zero-order valence-corrected chi connectivity index (χ0v) is 26.8. The molecule has 1 unspecified atom stereocenters. The Morgan fingerprint density at radius 3 is 1.96 bits per heavy atom. The maximum absolute atomic E-state index is 5.42. The second kappa shape index (κ2) is 9.24. The summed E-state index contributed by atoms with van der Waals surface area (Å²) >= 11 is 0. The number of benzene rings is 7. The van der Waals surface area contributed by atoms with Gasteiger partial charge in [-0.3, -0.25) is 13.5 Å². The Morgan fingerprint density at radius 2 is 1.08 bits per heavy atom. The maximum atomic E-state index is 5.42. The lowest BCUT2D eigenvalue weighted by molar-refractivity contribution is 0.738. The molecule has 0 fully saturated rings. The fraction of sp³-hybridized carbons (Fsp3) is 0.0222. The Balaban J connectivity index is 1.15. The van der Waals surface area contributed by atoms with Crippen molar-refractivity contribution < 1.29 is 0 Å². The minimum Gasteiger partial charge on any atom is -0.295 e. The van der Waals surface area contributed by atoms with Gasteiger partial charge in [0.15, 0.2) is 0 Å². The van der Waals surface area contributed by atoms with Gasteiger partial charge < -0.3 is 0 Å². The highest BCUT2D eigenvalue weighted by atomic mass is 15.2. The van der Waals surface area contributed by atoms with Gasteiger partial charge in [0.25, 0.3) is 0 Å². The van der Waals surface area contributed by atoms with Gasteiger partial charge in [-0.05, 0) is 99.6 Å². The number of rotatable bonds is 2. The SMILES string of the molecule is c1ccc(-n2c3ccc(-c4ccc5c(c4)C4(c6ccccc6-5)c5ccccc5-n5c4nc4ccccc45)cc3n3c4ccccc4nc23)cc1. The summed E-state index contributed by atoms with van der Waals surface area (Å²) in [5, 5.41) is 0. The highest BCUT2D eigenvalue weighted by Gasteiger charge is 2.54. The molecule has 0 N–H and O–H groups in total. The maximum Gasteiger partial charge on any atom is 0.220 e. The molecule has 4 heterocycles. The average Bonchev–Trinajstić information content (AvgIpc) is 3.95. The fourth-order valence-electron chi connectivity index (χ4n) is 9.03. The van der Waals surface area contributed by atoms with E-state index in [-0.39, 0.29) is 0 Å². The van der Waals surface area contributed by atoms with E-state index in [1.165, 1.54) is 39.1 Å². The Labute approximate surface area is 287 Å². The van der Waals surface area contributed by atoms with Crippen molar-refractivity contribution in [2.45, 2.75) is 5.41 Å². The van der Waals surface area contributed by atoms with Crippen LogP contribution in [0.5, 0.6) is 0 Å². The van der Waals surface area contributed by atoms with E-state index < -0.39 is 5.41 Å². The Kier molecular flexibility index (Phi) is 4.86. The molecule has 0 saturated heterocycles. The number of fused-ring (bicyclic) bond motifs is 17. The van der Waals surface area contributed by atoms with Crippen molar-refractivity contribution in [2.75, 3.05) is 0 Å². The van der Waals surface area contributed by atoms with Crippen molar-refractivity contribution in [1.29, 1.82) is 0 Å². The highest BCUT2D eigenvalue weighted by molar-refractivity contribution is 5.96. The first-order valence-electron chi connectivity index (χ1n) is 17.1. The van der Waals surface area contributed by atoms with Crippen LogP contribution in [0.1, 0.15) is 22.5 Å². The molecule has 1 aliphatic heterocycles. The molecule has 1 aliphatic carbocycles. The van der Waals surface area contributed by atoms with Gasteiger partial charge in [-0.1, -0.05) is 103 Å². The van der Waals surface area contributed by atoms with Crippen LogP contribution in [0.15, 0.2) is 164 Å². The van der Waals surface area contributed by atoms with E-state index in [4.69, 9.17) is 9.97 Å². The van der Waals surface area contributed by atoms with Crippen LogP contribution in [0.3, 0.4) is 0 Å². The van der Waals surface area contributed by atoms with Crippen LogP contribution in [-0.4, -0.2) is 23.5 Å². The molecule has 1 spiro atoms. The lowest BCUT2D eigenvalue weighted by Crippen LogP contribution is -2.27. The molecule has 0 amide bonds. The van der Waals surface area contributed by atoms with Crippen molar-refractivity contribution in [3.05, 3.63) is 186 Å². The van der Waals surface area contributed by atoms with Crippen LogP contribution in [0.4, 0.5) is 0 Å². The summed E-state index contributed by atoms with van der Waals surface area (Å²) in [6.45, 7) is 0. The Hall–Kier alpha value is -6.72. The summed E-state index contributed by atoms with van der Waals surface area (Å²) in [7, 11) is 0. The second-order valence-corrected chi connectivity index (χ2v) is 13.4. The number of para-hydroxylation sites is 6. The first-order valence-corrected chi connectivity index (χ1v) is 17.1. The molecule has 10 aromatic rings. The van der Waals surface area contributed by atoms with Gasteiger partial charge in [0.1, 0.15) is 11.2 Å². The second-order valence-electron chi connectivity index (χ2n) is 13.4. The van der Waals surface area contributed by atoms with E-state index in [0.29, 0.717) is 0 Å². The van der Waals surface area contributed by atoms with E-state index in [9.17, 15) is 0 Å². The van der Waals surface area contributed by atoms with Crippen molar-refractivity contribution in [1.82, 2.24) is 23.5 Å². The molecular weight excluding hydrogens is 611 g/mol. The average molecular weight is 638 g/mol. The zero-order valence-electron chi connectivity index (χ0n) is 26.8. The number of aromatic nitrogens is 5. The first kappa shape index (κ1) is 26.3. The Morgan fingerprint density at radius 1 is 0.420 bits per heavy atom. The van der Waals surface area contributed by atoms with Gasteiger partial charge >= 0.3 is 0 Å². The Bertz CT molecular complexity index is 3050. The predicted molar refractivity (Wildman–Crippen MR) is 200 cm³/mol. The molecular formula is C45H27N5. The van der Waals surface area contributed by atoms with Crippen molar-refractivity contribution in [3.8, 4) is 33.6 Å². The molecule has 3 aromatic heterocycles. The minimum absolute atomic E-state index is 0.536. The molecule has 2 aliphatic rings. The zero-order chi connectivity index (χ0) is 32.6. The van der Waals surface area contributed by atoms with E-state index in [1.54, 1.807) is 0 Å². The van der Waals surface area contributed by atoms with E-state index in [1.807, 2.05) is 0 Å². The van der Waals surface area contributed by atoms with Crippen molar-refractivity contribution in [3.63, 3.8) is 0 Å². The molecule has 5 heteroatoms. The van der Waals surface area contributed by atoms with Gasteiger partial charge in [0, 0.05) is 5.69 Å². The smallest absolute Gasteiger partial charge is 0.220 e. The summed E-state index contributed by atoms with van der Waals surface area (Å²) in [4.78, 5) is 10.5. The quantitative estimate of drug-likeness (QED) is 0.189. The number of imidazole rings is 3. The fourth-order valence-corrected chi connectivity index (χ4v) is 9.03. The lowest BCUT2D eigenvalue weighted by Gasteiger charge is -2.27. The molecule has 0 bridgehead atoms. The summed E-state index contributed by atoms with van der Waals surface area (Å²) in [5.41, 5.74) is 17.0. The predicted octanol–water partition coefficient (Wildman–Crippen LogP) is 10.1. The van der Waals surface area contributed by atoms with Crippen LogP contribution in [0, 0.1) is 0 Å². The third-order valence-electron chi connectivity index (χ3n) is 11.0. The molecule has 0 saturated carbocycles. The van der Waals surface area contributed by atoms with Gasteiger partial charge in [0.05, 0.1) is 38.8 Å². The topological polar surface area (TPSA) is 40.0 Å². The van der Waals surface area contributed by atoms with Crippen LogP contribution in [-0.2, 0) is 5.41 Å². The minimum atomic E-state index is -0.536. The molecule has 232 valence electrons. The van der Waals surface area contributed by atoms with E-state index >= 15 is 0 Å². The monoisotopic (exact) mass is 637 g/mol. The largest absolute Gasteiger partial charge is 0.295 e.